The van der Waals surface area contributed by atoms with Crippen molar-refractivity contribution < 1.29 is 9.90 Å². The summed E-state index contributed by atoms with van der Waals surface area (Å²) in [5.74, 6) is -0.562. The van der Waals surface area contributed by atoms with Crippen LogP contribution < -0.4 is 0 Å². The van der Waals surface area contributed by atoms with E-state index >= 15 is 0 Å². The molecule has 0 atom stereocenters. The first-order valence-corrected chi connectivity index (χ1v) is 5.07. The van der Waals surface area contributed by atoms with E-state index in [4.69, 9.17) is 5.11 Å². The van der Waals surface area contributed by atoms with Crippen LogP contribution in [0.5, 0.6) is 0 Å². The van der Waals surface area contributed by atoms with Crippen molar-refractivity contribution >= 4 is 28.6 Å². The maximum absolute atomic E-state index is 10.9. The van der Waals surface area contributed by atoms with Gasteiger partial charge < -0.3 is 5.11 Å². The third kappa shape index (κ3) is 0.999. The van der Waals surface area contributed by atoms with Gasteiger partial charge >= 0.3 is 5.97 Å². The summed E-state index contributed by atoms with van der Waals surface area (Å²) in [4.78, 5) is 10.9. The van der Waals surface area contributed by atoms with E-state index in [1.165, 1.54) is 0 Å². The molecule has 2 aliphatic carbocycles. The van der Waals surface area contributed by atoms with Crippen molar-refractivity contribution in [2.75, 3.05) is 0 Å². The molecule has 2 fully saturated rings. The Morgan fingerprint density at radius 1 is 1.27 bits per heavy atom. The van der Waals surface area contributed by atoms with Crippen molar-refractivity contribution in [3.8, 4) is 0 Å². The molecule has 2 nitrogen and oxygen atoms in total. The Kier molecular flexibility index (Phi) is 1.51. The van der Waals surface area contributed by atoms with Crippen molar-refractivity contribution in [2.45, 2.75) is 35.5 Å². The molecule has 1 N–H and O–H groups in total. The first-order valence-electron chi connectivity index (χ1n) is 3.99. The first-order chi connectivity index (χ1) is 5.06. The molecule has 0 radical (unpaired) electrons. The highest BCUT2D eigenvalue weighted by Gasteiger charge is 2.57. The molecule has 2 aliphatic rings. The number of halogens is 1. The summed E-state index contributed by atoms with van der Waals surface area (Å²) in [6, 6.07) is 0. The topological polar surface area (TPSA) is 37.3 Å². The van der Waals surface area contributed by atoms with E-state index in [1.54, 1.807) is 0 Å². The second kappa shape index (κ2) is 2.12. The third-order valence-corrected chi connectivity index (χ3v) is 4.67. The molecule has 0 saturated heterocycles. The third-order valence-electron chi connectivity index (χ3n) is 3.21. The van der Waals surface area contributed by atoms with Crippen molar-refractivity contribution in [3.63, 3.8) is 0 Å². The van der Waals surface area contributed by atoms with Crippen LogP contribution in [0.25, 0.3) is 0 Å². The van der Waals surface area contributed by atoms with Crippen LogP contribution in [0.2, 0.25) is 0 Å². The molecule has 0 aliphatic heterocycles. The number of rotatable bonds is 1. The van der Waals surface area contributed by atoms with Gasteiger partial charge in [0.05, 0.1) is 5.41 Å². The zero-order valence-corrected chi connectivity index (χ0v) is 8.43. The number of hydrogen-bond acceptors (Lipinski definition) is 1. The Labute approximate surface area is 79.5 Å². The Morgan fingerprint density at radius 2 is 1.82 bits per heavy atom. The summed E-state index contributed by atoms with van der Waals surface area (Å²) in [6.45, 7) is 0. The molecule has 11 heavy (non-hydrogen) atoms. The Bertz CT molecular complexity index is 204. The van der Waals surface area contributed by atoms with Crippen LogP contribution in [-0.4, -0.2) is 14.5 Å². The molecular formula is C8H11IO2. The summed E-state index contributed by atoms with van der Waals surface area (Å²) < 4.78 is 0.343. The van der Waals surface area contributed by atoms with Gasteiger partial charge in [-0.2, -0.15) is 0 Å². The lowest BCUT2D eigenvalue weighted by atomic mass is 9.85. The minimum absolute atomic E-state index is 0.318. The van der Waals surface area contributed by atoms with Gasteiger partial charge in [-0.25, -0.2) is 0 Å². The van der Waals surface area contributed by atoms with Crippen molar-refractivity contribution in [3.05, 3.63) is 0 Å². The Balaban J connectivity index is 2.27. The number of alkyl halides is 1. The number of carboxylic acids is 1. The molecule has 62 valence electrons. The van der Waals surface area contributed by atoms with Gasteiger partial charge in [-0.3, -0.25) is 4.79 Å². The van der Waals surface area contributed by atoms with Gasteiger partial charge in [-0.15, -0.1) is 0 Å². The van der Waals surface area contributed by atoms with Crippen LogP contribution >= 0.6 is 22.6 Å². The van der Waals surface area contributed by atoms with Gasteiger partial charge in [-0.05, 0) is 32.1 Å². The van der Waals surface area contributed by atoms with E-state index in [1.807, 2.05) is 0 Å². The van der Waals surface area contributed by atoms with Crippen molar-refractivity contribution in [2.24, 2.45) is 5.41 Å². The van der Waals surface area contributed by atoms with Crippen LogP contribution in [0.1, 0.15) is 32.1 Å². The number of aliphatic carboxylic acids is 1. The van der Waals surface area contributed by atoms with Gasteiger partial charge in [0, 0.05) is 3.42 Å². The van der Waals surface area contributed by atoms with Crippen LogP contribution in [0.4, 0.5) is 0 Å². The van der Waals surface area contributed by atoms with Gasteiger partial charge in [-0.1, -0.05) is 22.6 Å². The lowest BCUT2D eigenvalue weighted by molar-refractivity contribution is -0.148. The molecule has 0 unspecified atom stereocenters. The maximum Gasteiger partial charge on any atom is 0.309 e. The van der Waals surface area contributed by atoms with E-state index in [9.17, 15) is 4.79 Å². The van der Waals surface area contributed by atoms with E-state index < -0.39 is 5.97 Å². The number of hydrogen-bond donors (Lipinski definition) is 1. The molecule has 2 bridgehead atoms. The minimum Gasteiger partial charge on any atom is -0.481 e. The Hall–Kier alpha value is 0.200. The summed E-state index contributed by atoms with van der Waals surface area (Å²) in [5, 5.41) is 9.00. The fourth-order valence-electron chi connectivity index (χ4n) is 2.43. The average Bonchev–Trinajstić information content (AvgIpc) is 2.42. The number of carbonyl (C=O) groups is 1. The zero-order valence-electron chi connectivity index (χ0n) is 6.27. The van der Waals surface area contributed by atoms with Crippen LogP contribution in [-0.2, 0) is 4.79 Å². The summed E-state index contributed by atoms with van der Waals surface area (Å²) in [5.41, 5.74) is -0.318. The predicted molar refractivity (Wildman–Crippen MR) is 49.9 cm³/mol. The largest absolute Gasteiger partial charge is 0.481 e. The molecule has 2 saturated carbocycles. The minimum atomic E-state index is -0.562. The van der Waals surface area contributed by atoms with Gasteiger partial charge in [0.25, 0.3) is 0 Å². The average molecular weight is 266 g/mol. The lowest BCUT2D eigenvalue weighted by Crippen LogP contribution is -2.25. The van der Waals surface area contributed by atoms with Crippen LogP contribution in [0.3, 0.4) is 0 Å². The summed E-state index contributed by atoms with van der Waals surface area (Å²) >= 11 is 2.45. The van der Waals surface area contributed by atoms with Gasteiger partial charge in [0.15, 0.2) is 0 Å². The monoisotopic (exact) mass is 266 g/mol. The predicted octanol–water partition coefficient (Wildman–Crippen LogP) is 2.21. The molecule has 0 aromatic carbocycles. The fraction of sp³-hybridized carbons (Fsp3) is 0.875. The van der Waals surface area contributed by atoms with E-state index in [2.05, 4.69) is 22.6 Å². The Morgan fingerprint density at radius 3 is 2.00 bits per heavy atom. The zero-order chi connectivity index (χ0) is 8.11. The molecule has 3 heteroatoms. The lowest BCUT2D eigenvalue weighted by Gasteiger charge is -2.20. The first kappa shape index (κ1) is 7.83. The highest BCUT2D eigenvalue weighted by molar-refractivity contribution is 14.1. The summed E-state index contributed by atoms with van der Waals surface area (Å²) in [6.07, 6.45) is 4.95. The summed E-state index contributed by atoms with van der Waals surface area (Å²) in [7, 11) is 0. The normalized spacial score (nSPS) is 48.1. The van der Waals surface area contributed by atoms with E-state index in [-0.39, 0.29) is 5.41 Å². The van der Waals surface area contributed by atoms with Gasteiger partial charge in [0.1, 0.15) is 0 Å². The second-order valence-electron chi connectivity index (χ2n) is 3.91. The number of fused-ring (bicyclic) bond motifs is 2. The van der Waals surface area contributed by atoms with Crippen molar-refractivity contribution in [1.82, 2.24) is 0 Å². The number of carboxylic acid groups (broad SMARTS) is 1. The highest BCUT2D eigenvalue weighted by atomic mass is 127. The van der Waals surface area contributed by atoms with E-state index in [0.717, 1.165) is 32.1 Å². The molecule has 0 heterocycles. The molecule has 0 aromatic heterocycles. The smallest absolute Gasteiger partial charge is 0.309 e. The molecule has 2 rings (SSSR count). The van der Waals surface area contributed by atoms with E-state index in [0.29, 0.717) is 3.42 Å². The van der Waals surface area contributed by atoms with Gasteiger partial charge in [0.2, 0.25) is 0 Å². The molecule has 0 amide bonds. The van der Waals surface area contributed by atoms with Crippen LogP contribution in [0.15, 0.2) is 0 Å². The quantitative estimate of drug-likeness (QED) is 0.583. The fourth-order valence-corrected chi connectivity index (χ4v) is 3.70. The molecule has 0 spiro atoms. The molecule has 0 aromatic rings. The SMILES string of the molecule is O=C(O)C12CCC(I)(CC1)C2. The van der Waals surface area contributed by atoms with Crippen LogP contribution in [0, 0.1) is 5.41 Å². The highest BCUT2D eigenvalue weighted by Crippen LogP contribution is 2.60. The molecular weight excluding hydrogens is 255 g/mol. The maximum atomic E-state index is 10.9. The standard InChI is InChI=1S/C8H11IO2/c9-8-3-1-7(5-8,2-4-8)6(10)11/h1-5H2,(H,10,11). The second-order valence-corrected chi connectivity index (χ2v) is 6.20. The van der Waals surface area contributed by atoms with Crippen molar-refractivity contribution in [1.29, 1.82) is 0 Å².